The lowest BCUT2D eigenvalue weighted by Crippen LogP contribution is -2.17. The predicted molar refractivity (Wildman–Crippen MR) is 86.3 cm³/mol. The fourth-order valence-electron chi connectivity index (χ4n) is 2.19. The zero-order chi connectivity index (χ0) is 13.9. The van der Waals surface area contributed by atoms with Crippen molar-refractivity contribution < 1.29 is 0 Å². The Labute approximate surface area is 127 Å². The monoisotopic (exact) mass is 302 g/mol. The molecule has 0 spiro atoms. The van der Waals surface area contributed by atoms with Crippen LogP contribution < -0.4 is 5.32 Å². The number of nitrogens with one attached hydrogen (secondary N) is 1. The minimum Gasteiger partial charge on any atom is -0.305 e. The third-order valence-corrected chi connectivity index (χ3v) is 5.09. The first-order chi connectivity index (χ1) is 9.75. The summed E-state index contributed by atoms with van der Waals surface area (Å²) in [6, 6.07) is 12.6. The lowest BCUT2D eigenvalue weighted by atomic mass is 10.1. The van der Waals surface area contributed by atoms with Gasteiger partial charge in [-0.25, -0.2) is 0 Å². The van der Waals surface area contributed by atoms with Crippen molar-refractivity contribution in [3.8, 4) is 0 Å². The number of rotatable bonds is 4. The van der Waals surface area contributed by atoms with Crippen LogP contribution in [0.1, 0.15) is 23.4 Å². The molecule has 20 heavy (non-hydrogen) atoms. The minimum atomic E-state index is 0.277. The number of halogens is 1. The Morgan fingerprint density at radius 1 is 1.20 bits per heavy atom. The lowest BCUT2D eigenvalue weighted by molar-refractivity contribution is 0.578. The molecular weight excluding hydrogens is 288 g/mol. The maximum atomic E-state index is 6.45. The molecule has 0 saturated carbocycles. The third-order valence-electron chi connectivity index (χ3n) is 3.38. The SMILES string of the molecule is CC(NCc1sc2ccccc2c1Cl)c1ccncc1. The van der Waals surface area contributed by atoms with Crippen LogP contribution in [-0.4, -0.2) is 4.98 Å². The highest BCUT2D eigenvalue weighted by Gasteiger charge is 2.11. The largest absolute Gasteiger partial charge is 0.305 e. The van der Waals surface area contributed by atoms with Gasteiger partial charge in [0.25, 0.3) is 0 Å². The molecule has 2 aromatic heterocycles. The molecule has 0 amide bonds. The topological polar surface area (TPSA) is 24.9 Å². The van der Waals surface area contributed by atoms with Crippen LogP contribution >= 0.6 is 22.9 Å². The molecule has 0 aliphatic rings. The highest BCUT2D eigenvalue weighted by atomic mass is 35.5. The van der Waals surface area contributed by atoms with Gasteiger partial charge in [-0.05, 0) is 30.7 Å². The zero-order valence-corrected chi connectivity index (χ0v) is 12.7. The quantitative estimate of drug-likeness (QED) is 0.749. The van der Waals surface area contributed by atoms with E-state index < -0.39 is 0 Å². The Morgan fingerprint density at radius 2 is 1.95 bits per heavy atom. The molecule has 0 bridgehead atoms. The van der Waals surface area contributed by atoms with Crippen LogP contribution in [0.5, 0.6) is 0 Å². The van der Waals surface area contributed by atoms with Gasteiger partial charge in [0, 0.05) is 39.9 Å². The third kappa shape index (κ3) is 2.70. The number of benzene rings is 1. The average Bonchev–Trinajstić information content (AvgIpc) is 2.83. The van der Waals surface area contributed by atoms with E-state index in [1.807, 2.05) is 36.7 Å². The first-order valence-electron chi connectivity index (χ1n) is 6.55. The molecule has 102 valence electrons. The van der Waals surface area contributed by atoms with Crippen molar-refractivity contribution in [2.24, 2.45) is 0 Å². The van der Waals surface area contributed by atoms with Crippen LogP contribution in [0.15, 0.2) is 48.8 Å². The van der Waals surface area contributed by atoms with Gasteiger partial charge >= 0.3 is 0 Å². The van der Waals surface area contributed by atoms with Crippen LogP contribution in [0, 0.1) is 0 Å². The van der Waals surface area contributed by atoms with Crippen molar-refractivity contribution in [3.05, 3.63) is 64.3 Å². The van der Waals surface area contributed by atoms with Crippen LogP contribution in [0.2, 0.25) is 5.02 Å². The summed E-state index contributed by atoms with van der Waals surface area (Å²) < 4.78 is 1.24. The summed E-state index contributed by atoms with van der Waals surface area (Å²) >= 11 is 8.20. The molecule has 1 aromatic carbocycles. The number of aromatic nitrogens is 1. The van der Waals surface area contributed by atoms with Gasteiger partial charge in [-0.1, -0.05) is 29.8 Å². The highest BCUT2D eigenvalue weighted by molar-refractivity contribution is 7.19. The van der Waals surface area contributed by atoms with Gasteiger partial charge in [0.1, 0.15) is 0 Å². The van der Waals surface area contributed by atoms with Crippen LogP contribution in [0.3, 0.4) is 0 Å². The summed E-state index contributed by atoms with van der Waals surface area (Å²) in [5.41, 5.74) is 1.23. The van der Waals surface area contributed by atoms with E-state index in [0.717, 1.165) is 17.0 Å². The van der Waals surface area contributed by atoms with E-state index in [1.54, 1.807) is 11.3 Å². The molecule has 1 unspecified atom stereocenters. The molecule has 0 saturated heterocycles. The summed E-state index contributed by atoms with van der Waals surface area (Å²) in [4.78, 5) is 5.23. The van der Waals surface area contributed by atoms with E-state index in [2.05, 4.69) is 29.4 Å². The fraction of sp³-hybridized carbons (Fsp3) is 0.188. The first-order valence-corrected chi connectivity index (χ1v) is 7.74. The van der Waals surface area contributed by atoms with Gasteiger partial charge in [-0.3, -0.25) is 4.98 Å². The molecular formula is C16H15ClN2S. The van der Waals surface area contributed by atoms with Crippen molar-refractivity contribution in [2.75, 3.05) is 0 Å². The van der Waals surface area contributed by atoms with Gasteiger partial charge in [0.05, 0.1) is 5.02 Å². The van der Waals surface area contributed by atoms with Crippen LogP contribution in [0.4, 0.5) is 0 Å². The number of nitrogens with zero attached hydrogens (tertiary/aromatic N) is 1. The first kappa shape index (κ1) is 13.6. The molecule has 4 heteroatoms. The van der Waals surface area contributed by atoms with E-state index in [1.165, 1.54) is 15.1 Å². The number of hydrogen-bond donors (Lipinski definition) is 1. The van der Waals surface area contributed by atoms with Crippen molar-refractivity contribution >= 4 is 33.0 Å². The Bertz CT molecular complexity index is 709. The highest BCUT2D eigenvalue weighted by Crippen LogP contribution is 2.35. The Kier molecular flexibility index (Phi) is 4.01. The number of thiophene rings is 1. The maximum absolute atomic E-state index is 6.45. The molecule has 3 rings (SSSR count). The predicted octanol–water partition coefficient (Wildman–Crippen LogP) is 4.80. The second-order valence-corrected chi connectivity index (χ2v) is 6.23. The van der Waals surface area contributed by atoms with Crippen molar-refractivity contribution in [1.29, 1.82) is 0 Å². The molecule has 2 heterocycles. The number of pyridine rings is 1. The molecule has 0 radical (unpaired) electrons. The molecule has 0 aliphatic heterocycles. The Morgan fingerprint density at radius 3 is 2.70 bits per heavy atom. The van der Waals surface area contributed by atoms with Gasteiger partial charge in [-0.2, -0.15) is 0 Å². The summed E-state index contributed by atoms with van der Waals surface area (Å²) in [5.74, 6) is 0. The standard InChI is InChI=1S/C16H15ClN2S/c1-11(12-6-8-18-9-7-12)19-10-15-16(17)13-4-2-3-5-14(13)20-15/h2-9,11,19H,10H2,1H3. The van der Waals surface area contributed by atoms with Crippen molar-refractivity contribution in [3.63, 3.8) is 0 Å². The summed E-state index contributed by atoms with van der Waals surface area (Å²) in [6.45, 7) is 2.93. The average molecular weight is 303 g/mol. The Hall–Kier alpha value is -1.42. The number of hydrogen-bond acceptors (Lipinski definition) is 3. The molecule has 3 aromatic rings. The van der Waals surface area contributed by atoms with E-state index in [0.29, 0.717) is 0 Å². The van der Waals surface area contributed by atoms with Crippen molar-refractivity contribution in [1.82, 2.24) is 10.3 Å². The second-order valence-electron chi connectivity index (χ2n) is 4.72. The van der Waals surface area contributed by atoms with E-state index in [9.17, 15) is 0 Å². The van der Waals surface area contributed by atoms with E-state index in [-0.39, 0.29) is 6.04 Å². The maximum Gasteiger partial charge on any atom is 0.0636 e. The second kappa shape index (κ2) is 5.92. The van der Waals surface area contributed by atoms with Crippen molar-refractivity contribution in [2.45, 2.75) is 19.5 Å². The minimum absolute atomic E-state index is 0.277. The van der Waals surface area contributed by atoms with Crippen LogP contribution in [-0.2, 0) is 6.54 Å². The zero-order valence-electron chi connectivity index (χ0n) is 11.1. The van der Waals surface area contributed by atoms with Gasteiger partial charge in [-0.15, -0.1) is 11.3 Å². The van der Waals surface area contributed by atoms with E-state index >= 15 is 0 Å². The molecule has 0 fully saturated rings. The summed E-state index contributed by atoms with van der Waals surface area (Å²) in [5, 5.41) is 5.54. The fourth-order valence-corrected chi connectivity index (χ4v) is 3.64. The smallest absolute Gasteiger partial charge is 0.0636 e. The normalized spacial score (nSPS) is 12.7. The molecule has 1 atom stereocenters. The van der Waals surface area contributed by atoms with E-state index in [4.69, 9.17) is 11.6 Å². The Balaban J connectivity index is 1.76. The summed E-state index contributed by atoms with van der Waals surface area (Å²) in [6.07, 6.45) is 3.64. The van der Waals surface area contributed by atoms with Gasteiger partial charge in [0.15, 0.2) is 0 Å². The van der Waals surface area contributed by atoms with Gasteiger partial charge in [0.2, 0.25) is 0 Å². The molecule has 1 N–H and O–H groups in total. The number of fused-ring (bicyclic) bond motifs is 1. The summed E-state index contributed by atoms with van der Waals surface area (Å²) in [7, 11) is 0. The van der Waals surface area contributed by atoms with Gasteiger partial charge < -0.3 is 5.32 Å². The lowest BCUT2D eigenvalue weighted by Gasteiger charge is -2.13. The molecule has 0 aliphatic carbocycles. The van der Waals surface area contributed by atoms with Crippen LogP contribution in [0.25, 0.3) is 10.1 Å². The molecule has 2 nitrogen and oxygen atoms in total.